The van der Waals surface area contributed by atoms with Gasteiger partial charge in [-0.2, -0.15) is 0 Å². The van der Waals surface area contributed by atoms with Crippen LogP contribution in [-0.2, 0) is 0 Å². The average molecular weight is 284 g/mol. The number of aryl methyl sites for hydroxylation is 1. The monoisotopic (exact) mass is 284 g/mol. The molecule has 0 spiro atoms. The molecule has 0 aliphatic heterocycles. The van der Waals surface area contributed by atoms with Crippen molar-refractivity contribution in [2.75, 3.05) is 6.61 Å². The minimum Gasteiger partial charge on any atom is -0.508 e. The topological polar surface area (TPSA) is 46.5 Å². The molecule has 3 heteroatoms. The van der Waals surface area contributed by atoms with E-state index in [0.29, 0.717) is 17.9 Å². The molecule has 0 aliphatic carbocycles. The van der Waals surface area contributed by atoms with E-state index in [4.69, 9.17) is 4.74 Å². The van der Waals surface area contributed by atoms with Gasteiger partial charge in [-0.3, -0.25) is 4.79 Å². The SMILES string of the molecule is CCCCOc1cc(-c2ccc(O)cc2C)ccc1C=O. The van der Waals surface area contributed by atoms with Gasteiger partial charge in [0.05, 0.1) is 12.2 Å². The van der Waals surface area contributed by atoms with Crippen LogP contribution in [0.4, 0.5) is 0 Å². The molecule has 21 heavy (non-hydrogen) atoms. The lowest BCUT2D eigenvalue weighted by molar-refractivity contribution is 0.111. The van der Waals surface area contributed by atoms with E-state index in [1.807, 2.05) is 25.1 Å². The van der Waals surface area contributed by atoms with Crippen molar-refractivity contribution in [3.05, 3.63) is 47.5 Å². The van der Waals surface area contributed by atoms with E-state index in [2.05, 4.69) is 6.92 Å². The number of hydrogen-bond donors (Lipinski definition) is 1. The first kappa shape index (κ1) is 15.1. The zero-order valence-electron chi connectivity index (χ0n) is 12.4. The second-order valence-corrected chi connectivity index (χ2v) is 5.07. The normalized spacial score (nSPS) is 10.4. The predicted molar refractivity (Wildman–Crippen MR) is 84.1 cm³/mol. The number of aldehydes is 1. The molecule has 0 radical (unpaired) electrons. The van der Waals surface area contributed by atoms with Gasteiger partial charge in [0.1, 0.15) is 11.5 Å². The number of carbonyl (C=O) groups is 1. The van der Waals surface area contributed by atoms with E-state index in [-0.39, 0.29) is 5.75 Å². The van der Waals surface area contributed by atoms with E-state index in [9.17, 15) is 9.90 Å². The molecule has 0 heterocycles. The molecule has 2 rings (SSSR count). The summed E-state index contributed by atoms with van der Waals surface area (Å²) < 4.78 is 5.71. The first-order valence-electron chi connectivity index (χ1n) is 7.17. The van der Waals surface area contributed by atoms with Gasteiger partial charge < -0.3 is 9.84 Å². The molecule has 110 valence electrons. The van der Waals surface area contributed by atoms with Gasteiger partial charge >= 0.3 is 0 Å². The molecule has 0 aliphatic rings. The largest absolute Gasteiger partial charge is 0.508 e. The van der Waals surface area contributed by atoms with Gasteiger partial charge in [-0.1, -0.05) is 25.5 Å². The van der Waals surface area contributed by atoms with Crippen LogP contribution in [0.25, 0.3) is 11.1 Å². The summed E-state index contributed by atoms with van der Waals surface area (Å²) in [5, 5.41) is 9.49. The first-order chi connectivity index (χ1) is 10.2. The summed E-state index contributed by atoms with van der Waals surface area (Å²) in [6.45, 7) is 4.65. The Bertz CT molecular complexity index is 632. The molecule has 0 aromatic heterocycles. The molecular formula is C18H20O3. The molecule has 0 bridgehead atoms. The van der Waals surface area contributed by atoms with Gasteiger partial charge in [-0.05, 0) is 54.3 Å². The van der Waals surface area contributed by atoms with Gasteiger partial charge in [0.15, 0.2) is 6.29 Å². The molecule has 0 fully saturated rings. The minimum atomic E-state index is 0.250. The van der Waals surface area contributed by atoms with Gasteiger partial charge in [0.2, 0.25) is 0 Å². The maximum absolute atomic E-state index is 11.1. The van der Waals surface area contributed by atoms with E-state index < -0.39 is 0 Å². The van der Waals surface area contributed by atoms with Crippen LogP contribution in [0.2, 0.25) is 0 Å². The Morgan fingerprint density at radius 1 is 1.19 bits per heavy atom. The zero-order valence-corrected chi connectivity index (χ0v) is 12.4. The third-order valence-corrected chi connectivity index (χ3v) is 3.42. The second kappa shape index (κ2) is 6.93. The van der Waals surface area contributed by atoms with Crippen molar-refractivity contribution in [3.63, 3.8) is 0 Å². The van der Waals surface area contributed by atoms with E-state index in [1.165, 1.54) is 0 Å². The van der Waals surface area contributed by atoms with Gasteiger partial charge in [-0.25, -0.2) is 0 Å². The molecule has 0 saturated heterocycles. The third kappa shape index (κ3) is 3.63. The van der Waals surface area contributed by atoms with Gasteiger partial charge in [0.25, 0.3) is 0 Å². The lowest BCUT2D eigenvalue weighted by Gasteiger charge is -2.12. The number of rotatable bonds is 6. The highest BCUT2D eigenvalue weighted by Crippen LogP contribution is 2.30. The molecule has 2 aromatic rings. The maximum Gasteiger partial charge on any atom is 0.153 e. The Balaban J connectivity index is 2.36. The second-order valence-electron chi connectivity index (χ2n) is 5.07. The Hall–Kier alpha value is -2.29. The molecule has 1 N–H and O–H groups in total. The van der Waals surface area contributed by atoms with Crippen LogP contribution in [0.5, 0.6) is 11.5 Å². The van der Waals surface area contributed by atoms with E-state index in [0.717, 1.165) is 35.8 Å². The third-order valence-electron chi connectivity index (χ3n) is 3.42. The number of phenols is 1. The number of aromatic hydroxyl groups is 1. The number of carbonyl (C=O) groups excluding carboxylic acids is 1. The summed E-state index contributed by atoms with van der Waals surface area (Å²) in [5.41, 5.74) is 3.54. The van der Waals surface area contributed by atoms with Gasteiger partial charge in [0, 0.05) is 0 Å². The Morgan fingerprint density at radius 3 is 2.67 bits per heavy atom. The number of benzene rings is 2. The van der Waals surface area contributed by atoms with Crippen LogP contribution in [0.1, 0.15) is 35.7 Å². The maximum atomic E-state index is 11.1. The number of ether oxygens (including phenoxy) is 1. The van der Waals surface area contributed by atoms with Crippen LogP contribution in [-0.4, -0.2) is 18.0 Å². The van der Waals surface area contributed by atoms with Crippen LogP contribution in [0.3, 0.4) is 0 Å². The number of phenolic OH excluding ortho intramolecular Hbond substituents is 1. The van der Waals surface area contributed by atoms with Crippen molar-refractivity contribution in [2.45, 2.75) is 26.7 Å². The summed E-state index contributed by atoms with van der Waals surface area (Å²) >= 11 is 0. The lowest BCUT2D eigenvalue weighted by atomic mass is 9.99. The van der Waals surface area contributed by atoms with Crippen LogP contribution in [0, 0.1) is 6.92 Å². The molecular weight excluding hydrogens is 264 g/mol. The summed E-state index contributed by atoms with van der Waals surface area (Å²) in [5.74, 6) is 0.864. The highest BCUT2D eigenvalue weighted by atomic mass is 16.5. The summed E-state index contributed by atoms with van der Waals surface area (Å²) in [6, 6.07) is 10.8. The molecule has 0 saturated carbocycles. The Labute approximate surface area is 125 Å². The fraction of sp³-hybridized carbons (Fsp3) is 0.278. The van der Waals surface area contributed by atoms with Crippen molar-refractivity contribution in [3.8, 4) is 22.6 Å². The smallest absolute Gasteiger partial charge is 0.153 e. The summed E-state index contributed by atoms with van der Waals surface area (Å²) in [7, 11) is 0. The van der Waals surface area contributed by atoms with Crippen molar-refractivity contribution >= 4 is 6.29 Å². The molecule has 3 nitrogen and oxygen atoms in total. The van der Waals surface area contributed by atoms with Crippen LogP contribution < -0.4 is 4.74 Å². The minimum absolute atomic E-state index is 0.250. The summed E-state index contributed by atoms with van der Waals surface area (Å²) in [6.07, 6.45) is 2.82. The standard InChI is InChI=1S/C18H20O3/c1-3-4-9-21-18-11-14(5-6-15(18)12-19)17-8-7-16(20)10-13(17)2/h5-8,10-12,20H,3-4,9H2,1-2H3. The lowest BCUT2D eigenvalue weighted by Crippen LogP contribution is -2.00. The van der Waals surface area contributed by atoms with Crippen molar-refractivity contribution in [1.82, 2.24) is 0 Å². The van der Waals surface area contributed by atoms with Gasteiger partial charge in [-0.15, -0.1) is 0 Å². The quantitative estimate of drug-likeness (QED) is 0.633. The number of unbranched alkanes of at least 4 members (excludes halogenated alkanes) is 1. The zero-order chi connectivity index (χ0) is 15.2. The average Bonchev–Trinajstić information content (AvgIpc) is 2.47. The fourth-order valence-corrected chi connectivity index (χ4v) is 2.22. The van der Waals surface area contributed by atoms with Crippen LogP contribution >= 0.6 is 0 Å². The summed E-state index contributed by atoms with van der Waals surface area (Å²) in [4.78, 5) is 11.1. The molecule has 0 atom stereocenters. The molecule has 2 aromatic carbocycles. The van der Waals surface area contributed by atoms with E-state index >= 15 is 0 Å². The molecule has 0 unspecified atom stereocenters. The highest BCUT2D eigenvalue weighted by molar-refractivity contribution is 5.82. The Morgan fingerprint density at radius 2 is 2.00 bits per heavy atom. The first-order valence-corrected chi connectivity index (χ1v) is 7.17. The van der Waals surface area contributed by atoms with Crippen molar-refractivity contribution < 1.29 is 14.6 Å². The molecule has 0 amide bonds. The van der Waals surface area contributed by atoms with Crippen LogP contribution in [0.15, 0.2) is 36.4 Å². The van der Waals surface area contributed by atoms with Crippen molar-refractivity contribution in [1.29, 1.82) is 0 Å². The van der Waals surface area contributed by atoms with E-state index in [1.54, 1.807) is 18.2 Å². The van der Waals surface area contributed by atoms with Crippen molar-refractivity contribution in [2.24, 2.45) is 0 Å². The fourth-order valence-electron chi connectivity index (χ4n) is 2.22. The number of hydrogen-bond acceptors (Lipinski definition) is 3. The predicted octanol–water partition coefficient (Wildman–Crippen LogP) is 4.36. The Kier molecular flexibility index (Phi) is 4.99. The highest BCUT2D eigenvalue weighted by Gasteiger charge is 2.08.